The highest BCUT2D eigenvalue weighted by Crippen LogP contribution is 2.32. The maximum atomic E-state index is 13.4. The van der Waals surface area contributed by atoms with Crippen molar-refractivity contribution >= 4 is 21.6 Å². The van der Waals surface area contributed by atoms with E-state index in [1.807, 2.05) is 32.9 Å². The molecule has 0 radical (unpaired) electrons. The molecular formula is C23H30N2O5S. The summed E-state index contributed by atoms with van der Waals surface area (Å²) >= 11 is 0. The first-order valence-electron chi connectivity index (χ1n) is 10.3. The molecule has 0 aromatic heterocycles. The molecule has 0 bridgehead atoms. The fourth-order valence-corrected chi connectivity index (χ4v) is 6.17. The van der Waals surface area contributed by atoms with E-state index in [0.717, 1.165) is 16.7 Å². The molecule has 1 aliphatic heterocycles. The zero-order valence-corrected chi connectivity index (χ0v) is 19.5. The molecule has 1 saturated heterocycles. The van der Waals surface area contributed by atoms with E-state index in [1.165, 1.54) is 11.4 Å². The number of amides is 1. The number of ether oxygens (including phenoxy) is 2. The number of rotatable bonds is 6. The fourth-order valence-electron chi connectivity index (χ4n) is 4.24. The second kappa shape index (κ2) is 9.28. The Morgan fingerprint density at radius 3 is 2.29 bits per heavy atom. The molecule has 8 heteroatoms. The number of anilines is 1. The van der Waals surface area contributed by atoms with E-state index >= 15 is 0 Å². The third-order valence-electron chi connectivity index (χ3n) is 5.61. The van der Waals surface area contributed by atoms with Crippen LogP contribution < -0.4 is 14.8 Å². The average molecular weight is 447 g/mol. The van der Waals surface area contributed by atoms with Crippen molar-refractivity contribution in [2.45, 2.75) is 38.5 Å². The first-order valence-corrected chi connectivity index (χ1v) is 11.7. The minimum Gasteiger partial charge on any atom is -0.493 e. The molecule has 1 amide bonds. The summed E-state index contributed by atoms with van der Waals surface area (Å²) in [7, 11) is -0.606. The van der Waals surface area contributed by atoms with Gasteiger partial charge in [0, 0.05) is 24.8 Å². The lowest BCUT2D eigenvalue weighted by molar-refractivity contribution is -0.120. The maximum Gasteiger partial charge on any atom is 0.243 e. The van der Waals surface area contributed by atoms with Crippen LogP contribution in [-0.4, -0.2) is 45.9 Å². The van der Waals surface area contributed by atoms with Crippen LogP contribution in [0.25, 0.3) is 0 Å². The lowest BCUT2D eigenvalue weighted by Crippen LogP contribution is -2.44. The van der Waals surface area contributed by atoms with Crippen LogP contribution >= 0.6 is 0 Å². The number of methoxy groups -OCH3 is 2. The molecular weight excluding hydrogens is 416 g/mol. The van der Waals surface area contributed by atoms with Gasteiger partial charge in [0.2, 0.25) is 15.9 Å². The minimum absolute atomic E-state index is 0.161. The maximum absolute atomic E-state index is 13.4. The van der Waals surface area contributed by atoms with E-state index in [4.69, 9.17) is 9.47 Å². The van der Waals surface area contributed by atoms with Gasteiger partial charge in [0.1, 0.15) is 0 Å². The zero-order valence-electron chi connectivity index (χ0n) is 18.7. The van der Waals surface area contributed by atoms with Crippen molar-refractivity contribution in [3.05, 3.63) is 47.0 Å². The van der Waals surface area contributed by atoms with Gasteiger partial charge in [-0.25, -0.2) is 8.42 Å². The molecule has 0 saturated carbocycles. The average Bonchev–Trinajstić information content (AvgIpc) is 2.72. The molecule has 1 N–H and O–H groups in total. The lowest BCUT2D eigenvalue weighted by atomic mass is 9.98. The number of sulfonamides is 1. The van der Waals surface area contributed by atoms with Crippen LogP contribution in [0.1, 0.15) is 29.5 Å². The standard InChI is InChI=1S/C23H30N2O5S/c1-15-11-16(2)22(17(3)12-15)31(27,28)25-10-6-7-18(14-25)23(26)24-19-8-9-20(29-4)21(13-19)30-5/h8-9,11-13,18H,6-7,10,14H2,1-5H3,(H,24,26)/t18-/m1/s1. The molecule has 1 atom stereocenters. The number of hydrogen-bond donors (Lipinski definition) is 1. The topological polar surface area (TPSA) is 84.9 Å². The number of piperidine rings is 1. The molecule has 0 spiro atoms. The van der Waals surface area contributed by atoms with Gasteiger partial charge in [-0.15, -0.1) is 0 Å². The number of carbonyl (C=O) groups excluding carboxylic acids is 1. The van der Waals surface area contributed by atoms with Gasteiger partial charge >= 0.3 is 0 Å². The summed E-state index contributed by atoms with van der Waals surface area (Å²) in [4.78, 5) is 13.3. The number of nitrogens with zero attached hydrogens (tertiary/aromatic N) is 1. The second-order valence-electron chi connectivity index (χ2n) is 7.99. The highest BCUT2D eigenvalue weighted by atomic mass is 32.2. The van der Waals surface area contributed by atoms with E-state index in [9.17, 15) is 13.2 Å². The second-order valence-corrected chi connectivity index (χ2v) is 9.86. The van der Waals surface area contributed by atoms with Crippen molar-refractivity contribution in [2.75, 3.05) is 32.6 Å². The predicted molar refractivity (Wildman–Crippen MR) is 120 cm³/mol. The molecule has 31 heavy (non-hydrogen) atoms. The highest BCUT2D eigenvalue weighted by Gasteiger charge is 2.35. The van der Waals surface area contributed by atoms with Gasteiger partial charge in [0.25, 0.3) is 0 Å². The Kier molecular flexibility index (Phi) is 6.91. The summed E-state index contributed by atoms with van der Waals surface area (Å²) in [5.74, 6) is 0.449. The van der Waals surface area contributed by atoms with E-state index < -0.39 is 15.9 Å². The van der Waals surface area contributed by atoms with Crippen molar-refractivity contribution in [1.29, 1.82) is 0 Å². The van der Waals surface area contributed by atoms with Gasteiger partial charge in [-0.3, -0.25) is 4.79 Å². The summed E-state index contributed by atoms with van der Waals surface area (Å²) in [5, 5.41) is 2.88. The van der Waals surface area contributed by atoms with Gasteiger partial charge in [0.05, 0.1) is 25.0 Å². The first kappa shape index (κ1) is 23.1. The number of carbonyl (C=O) groups is 1. The Hall–Kier alpha value is -2.58. The Bertz CT molecular complexity index is 1060. The minimum atomic E-state index is -3.68. The van der Waals surface area contributed by atoms with Crippen LogP contribution in [-0.2, 0) is 14.8 Å². The smallest absolute Gasteiger partial charge is 0.243 e. The zero-order chi connectivity index (χ0) is 22.8. The molecule has 1 heterocycles. The number of aryl methyl sites for hydroxylation is 3. The summed E-state index contributed by atoms with van der Waals surface area (Å²) in [6.07, 6.45) is 1.27. The van der Waals surface area contributed by atoms with Gasteiger partial charge in [-0.1, -0.05) is 17.7 Å². The van der Waals surface area contributed by atoms with Crippen molar-refractivity contribution in [3.8, 4) is 11.5 Å². The van der Waals surface area contributed by atoms with Crippen molar-refractivity contribution in [1.82, 2.24) is 4.31 Å². The predicted octanol–water partition coefficient (Wildman–Crippen LogP) is 3.67. The van der Waals surface area contributed by atoms with Crippen LogP contribution in [0.4, 0.5) is 5.69 Å². The van der Waals surface area contributed by atoms with Gasteiger partial charge in [-0.05, 0) is 56.9 Å². The third-order valence-corrected chi connectivity index (χ3v) is 7.78. The monoisotopic (exact) mass is 446 g/mol. The van der Waals surface area contributed by atoms with Crippen LogP contribution in [0.3, 0.4) is 0 Å². The van der Waals surface area contributed by atoms with E-state index in [1.54, 1.807) is 25.3 Å². The third kappa shape index (κ3) is 4.85. The number of hydrogen-bond acceptors (Lipinski definition) is 5. The van der Waals surface area contributed by atoms with Crippen molar-refractivity contribution in [2.24, 2.45) is 5.92 Å². The summed E-state index contributed by atoms with van der Waals surface area (Å²) in [6, 6.07) is 8.90. The highest BCUT2D eigenvalue weighted by molar-refractivity contribution is 7.89. The van der Waals surface area contributed by atoms with E-state index in [0.29, 0.717) is 41.5 Å². The van der Waals surface area contributed by atoms with E-state index in [2.05, 4.69) is 5.32 Å². The van der Waals surface area contributed by atoms with E-state index in [-0.39, 0.29) is 12.5 Å². The van der Waals surface area contributed by atoms with Crippen molar-refractivity contribution < 1.29 is 22.7 Å². The largest absolute Gasteiger partial charge is 0.493 e. The Morgan fingerprint density at radius 2 is 1.68 bits per heavy atom. The quantitative estimate of drug-likeness (QED) is 0.732. The van der Waals surface area contributed by atoms with Gasteiger partial charge in [-0.2, -0.15) is 4.31 Å². The normalized spacial score (nSPS) is 17.3. The summed E-state index contributed by atoms with van der Waals surface area (Å²) in [6.45, 7) is 6.16. The number of benzene rings is 2. The SMILES string of the molecule is COc1ccc(NC(=O)[C@@H]2CCCN(S(=O)(=O)c3c(C)cc(C)cc3C)C2)cc1OC. The summed E-state index contributed by atoms with van der Waals surface area (Å²) in [5.41, 5.74) is 3.07. The van der Waals surface area contributed by atoms with Gasteiger partial charge in [0.15, 0.2) is 11.5 Å². The first-order chi connectivity index (χ1) is 14.7. The molecule has 0 unspecified atom stereocenters. The van der Waals surface area contributed by atoms with Crippen LogP contribution in [0.5, 0.6) is 11.5 Å². The Labute approximate surface area is 184 Å². The molecule has 7 nitrogen and oxygen atoms in total. The van der Waals surface area contributed by atoms with Crippen molar-refractivity contribution in [3.63, 3.8) is 0 Å². The molecule has 168 valence electrons. The molecule has 2 aromatic rings. The lowest BCUT2D eigenvalue weighted by Gasteiger charge is -2.32. The molecule has 2 aromatic carbocycles. The molecule has 3 rings (SSSR count). The number of nitrogens with one attached hydrogen (secondary N) is 1. The summed E-state index contributed by atoms with van der Waals surface area (Å²) < 4.78 is 38.7. The van der Waals surface area contributed by atoms with Gasteiger partial charge < -0.3 is 14.8 Å². The fraction of sp³-hybridized carbons (Fsp3) is 0.435. The molecule has 0 aliphatic carbocycles. The molecule has 1 fully saturated rings. The Morgan fingerprint density at radius 1 is 1.03 bits per heavy atom. The van der Waals surface area contributed by atoms with Crippen LogP contribution in [0.2, 0.25) is 0 Å². The Balaban J connectivity index is 1.78. The van der Waals surface area contributed by atoms with Crippen LogP contribution in [0, 0.1) is 26.7 Å². The molecule has 1 aliphatic rings. The van der Waals surface area contributed by atoms with Crippen LogP contribution in [0.15, 0.2) is 35.2 Å².